The van der Waals surface area contributed by atoms with Crippen LogP contribution in [0.4, 0.5) is 11.5 Å². The molecule has 1 aromatic heterocycles. The molecule has 1 N–H and O–H groups in total. The maximum absolute atomic E-state index is 11.2. The summed E-state index contributed by atoms with van der Waals surface area (Å²) in [4.78, 5) is 10.8. The molecule has 2 aromatic rings. The van der Waals surface area contributed by atoms with Crippen LogP contribution in [0.2, 0.25) is 5.02 Å². The van der Waals surface area contributed by atoms with E-state index in [0.717, 1.165) is 0 Å². The predicted molar refractivity (Wildman–Crippen MR) is 84.7 cm³/mol. The number of nitro groups is 1. The van der Waals surface area contributed by atoms with E-state index >= 15 is 0 Å². The van der Waals surface area contributed by atoms with Crippen LogP contribution in [0.3, 0.4) is 0 Å². The third kappa shape index (κ3) is 3.67. The zero-order chi connectivity index (χ0) is 16.1. The first-order chi connectivity index (χ1) is 10.5. The molecule has 1 aromatic carbocycles. The van der Waals surface area contributed by atoms with E-state index < -0.39 is 4.92 Å². The van der Waals surface area contributed by atoms with Gasteiger partial charge in [0.05, 0.1) is 11.5 Å². The van der Waals surface area contributed by atoms with Crippen LogP contribution in [-0.4, -0.2) is 27.9 Å². The Labute approximate surface area is 133 Å². The van der Waals surface area contributed by atoms with Gasteiger partial charge in [-0.2, -0.15) is 5.10 Å². The number of nitrogens with zero attached hydrogens (tertiary/aromatic N) is 3. The number of hydrogen-bond donors (Lipinski definition) is 1. The third-order valence-electron chi connectivity index (χ3n) is 3.09. The number of aromatic nitrogens is 2. The molecule has 0 unspecified atom stereocenters. The minimum Gasteiger partial charge on any atom is -0.492 e. The van der Waals surface area contributed by atoms with Crippen LogP contribution < -0.4 is 10.1 Å². The van der Waals surface area contributed by atoms with Gasteiger partial charge in [0.2, 0.25) is 5.82 Å². The molecule has 2 rings (SSSR count). The summed E-state index contributed by atoms with van der Waals surface area (Å²) < 4.78 is 7.02. The Morgan fingerprint density at radius 1 is 1.41 bits per heavy atom. The van der Waals surface area contributed by atoms with Gasteiger partial charge >= 0.3 is 5.69 Å². The van der Waals surface area contributed by atoms with Crippen molar-refractivity contribution in [2.75, 3.05) is 18.5 Å². The lowest BCUT2D eigenvalue weighted by atomic mass is 10.3. The third-order valence-corrected chi connectivity index (χ3v) is 3.34. The summed E-state index contributed by atoms with van der Waals surface area (Å²) in [6.07, 6.45) is 0.507. The molecule has 7 nitrogen and oxygen atoms in total. The molecule has 0 fully saturated rings. The number of nitrogens with one attached hydrogen (secondary N) is 1. The first-order valence-electron chi connectivity index (χ1n) is 6.85. The highest BCUT2D eigenvalue weighted by molar-refractivity contribution is 6.30. The molecule has 0 atom stereocenters. The van der Waals surface area contributed by atoms with Gasteiger partial charge in [-0.25, -0.2) is 4.68 Å². The summed E-state index contributed by atoms with van der Waals surface area (Å²) in [7, 11) is 1.68. The van der Waals surface area contributed by atoms with Crippen LogP contribution in [0.1, 0.15) is 12.6 Å². The fraction of sp³-hybridized carbons (Fsp3) is 0.357. The van der Waals surface area contributed by atoms with E-state index in [1.165, 1.54) is 4.68 Å². The highest BCUT2D eigenvalue weighted by atomic mass is 35.5. The van der Waals surface area contributed by atoms with Crippen molar-refractivity contribution in [3.63, 3.8) is 0 Å². The van der Waals surface area contributed by atoms with E-state index in [1.807, 2.05) is 6.92 Å². The lowest BCUT2D eigenvalue weighted by molar-refractivity contribution is -0.384. The number of halogens is 1. The summed E-state index contributed by atoms with van der Waals surface area (Å²) in [6.45, 7) is 2.63. The number of aryl methyl sites for hydroxylation is 2. The first kappa shape index (κ1) is 16.1. The lowest BCUT2D eigenvalue weighted by Crippen LogP contribution is -2.14. The molecule has 22 heavy (non-hydrogen) atoms. The zero-order valence-corrected chi connectivity index (χ0v) is 13.1. The van der Waals surface area contributed by atoms with Gasteiger partial charge in [0.25, 0.3) is 0 Å². The molecule has 0 aliphatic heterocycles. The number of hydrogen-bond acceptors (Lipinski definition) is 5. The summed E-state index contributed by atoms with van der Waals surface area (Å²) in [5, 5.41) is 19.0. The monoisotopic (exact) mass is 324 g/mol. The van der Waals surface area contributed by atoms with E-state index in [0.29, 0.717) is 41.9 Å². The lowest BCUT2D eigenvalue weighted by Gasteiger charge is -2.08. The van der Waals surface area contributed by atoms with Crippen molar-refractivity contribution in [3.05, 3.63) is 45.1 Å². The highest BCUT2D eigenvalue weighted by Gasteiger charge is 2.25. The normalized spacial score (nSPS) is 10.5. The summed E-state index contributed by atoms with van der Waals surface area (Å²) in [6, 6.07) is 7.02. The molecular weight excluding hydrogens is 308 g/mol. The minimum atomic E-state index is -0.409. The second-order valence-electron chi connectivity index (χ2n) is 4.61. The fourth-order valence-corrected chi connectivity index (χ4v) is 2.19. The van der Waals surface area contributed by atoms with Gasteiger partial charge in [0.1, 0.15) is 18.1 Å². The van der Waals surface area contributed by atoms with Crippen LogP contribution in [0.5, 0.6) is 5.75 Å². The molecule has 0 saturated heterocycles. The van der Waals surface area contributed by atoms with Crippen molar-refractivity contribution in [2.45, 2.75) is 13.3 Å². The average molecular weight is 325 g/mol. The van der Waals surface area contributed by atoms with E-state index in [4.69, 9.17) is 16.3 Å². The van der Waals surface area contributed by atoms with Crippen molar-refractivity contribution in [3.8, 4) is 5.75 Å². The van der Waals surface area contributed by atoms with Crippen LogP contribution in [0.15, 0.2) is 24.3 Å². The van der Waals surface area contributed by atoms with Gasteiger partial charge < -0.3 is 10.1 Å². The van der Waals surface area contributed by atoms with Gasteiger partial charge in [0.15, 0.2) is 0 Å². The Bertz CT molecular complexity index is 655. The Morgan fingerprint density at radius 2 is 2.09 bits per heavy atom. The SMILES string of the molecule is CCc1nn(C)c(NCCOc2ccc(Cl)cc2)c1[N+](=O)[O-]. The fourth-order valence-electron chi connectivity index (χ4n) is 2.07. The van der Waals surface area contributed by atoms with Crippen LogP contribution in [0, 0.1) is 10.1 Å². The largest absolute Gasteiger partial charge is 0.492 e. The first-order valence-corrected chi connectivity index (χ1v) is 7.23. The van der Waals surface area contributed by atoms with E-state index in [-0.39, 0.29) is 5.69 Å². The van der Waals surface area contributed by atoms with Crippen molar-refractivity contribution >= 4 is 23.1 Å². The number of rotatable bonds is 7. The molecule has 0 aliphatic carbocycles. The second-order valence-corrected chi connectivity index (χ2v) is 5.04. The number of benzene rings is 1. The van der Waals surface area contributed by atoms with Crippen molar-refractivity contribution in [2.24, 2.45) is 7.05 Å². The molecule has 118 valence electrons. The minimum absolute atomic E-state index is 0.0245. The van der Waals surface area contributed by atoms with Crippen molar-refractivity contribution in [1.82, 2.24) is 9.78 Å². The summed E-state index contributed by atoms with van der Waals surface area (Å²) in [5.41, 5.74) is 0.491. The maximum atomic E-state index is 11.2. The Morgan fingerprint density at radius 3 is 2.68 bits per heavy atom. The predicted octanol–water partition coefficient (Wildman–Crippen LogP) is 3.04. The van der Waals surface area contributed by atoms with Gasteiger partial charge in [-0.1, -0.05) is 18.5 Å². The molecule has 0 radical (unpaired) electrons. The quantitative estimate of drug-likeness (QED) is 0.481. The molecule has 0 saturated carbocycles. The smallest absolute Gasteiger partial charge is 0.333 e. The topological polar surface area (TPSA) is 82.2 Å². The number of ether oxygens (including phenoxy) is 1. The van der Waals surface area contributed by atoms with Gasteiger partial charge in [-0.3, -0.25) is 10.1 Å². The van der Waals surface area contributed by atoms with Crippen molar-refractivity contribution < 1.29 is 9.66 Å². The Balaban J connectivity index is 1.95. The summed E-state index contributed by atoms with van der Waals surface area (Å²) >= 11 is 5.79. The van der Waals surface area contributed by atoms with Crippen molar-refractivity contribution in [1.29, 1.82) is 0 Å². The van der Waals surface area contributed by atoms with Gasteiger partial charge in [0, 0.05) is 12.1 Å². The zero-order valence-electron chi connectivity index (χ0n) is 12.4. The van der Waals surface area contributed by atoms with E-state index in [9.17, 15) is 10.1 Å². The summed E-state index contributed by atoms with van der Waals surface area (Å²) in [5.74, 6) is 1.08. The molecule has 8 heteroatoms. The standard InChI is InChI=1S/C14H17ClN4O3/c1-3-12-13(19(20)21)14(18(2)17-12)16-8-9-22-11-6-4-10(15)5-7-11/h4-7,16H,3,8-9H2,1-2H3. The van der Waals surface area contributed by atoms with Crippen LogP contribution in [0.25, 0.3) is 0 Å². The highest BCUT2D eigenvalue weighted by Crippen LogP contribution is 2.28. The molecule has 0 aliphatic rings. The molecule has 1 heterocycles. The second kappa shape index (κ2) is 7.13. The van der Waals surface area contributed by atoms with Crippen LogP contribution in [-0.2, 0) is 13.5 Å². The van der Waals surface area contributed by atoms with Gasteiger partial charge in [-0.15, -0.1) is 0 Å². The van der Waals surface area contributed by atoms with E-state index in [1.54, 1.807) is 31.3 Å². The maximum Gasteiger partial charge on any atom is 0.333 e. The number of anilines is 1. The molecule has 0 spiro atoms. The van der Waals surface area contributed by atoms with Crippen LogP contribution >= 0.6 is 11.6 Å². The Kier molecular flexibility index (Phi) is 5.21. The molecule has 0 amide bonds. The van der Waals surface area contributed by atoms with E-state index in [2.05, 4.69) is 10.4 Å². The van der Waals surface area contributed by atoms with Gasteiger partial charge in [-0.05, 0) is 30.7 Å². The average Bonchev–Trinajstić information content (AvgIpc) is 2.82. The molecular formula is C14H17ClN4O3. The molecule has 0 bridgehead atoms. The Hall–Kier alpha value is -2.28.